The van der Waals surface area contributed by atoms with Crippen molar-refractivity contribution in [3.63, 3.8) is 0 Å². The van der Waals surface area contributed by atoms with E-state index in [-0.39, 0.29) is 6.04 Å². The normalized spacial score (nSPS) is 12.2. The van der Waals surface area contributed by atoms with Crippen LogP contribution in [0, 0.1) is 0 Å². The summed E-state index contributed by atoms with van der Waals surface area (Å²) in [4.78, 5) is 4.21. The lowest BCUT2D eigenvalue weighted by atomic mass is 10.0. The number of aromatic nitrogens is 1. The van der Waals surface area contributed by atoms with Crippen LogP contribution in [0.25, 0.3) is 0 Å². The summed E-state index contributed by atoms with van der Waals surface area (Å²) in [6, 6.07) is 12.1. The molecule has 0 aliphatic heterocycles. The minimum absolute atomic E-state index is 0.269. The Kier molecular flexibility index (Phi) is 4.61. The Morgan fingerprint density at radius 1 is 1.22 bits per heavy atom. The topological polar surface area (TPSA) is 24.9 Å². The third-order valence-electron chi connectivity index (χ3n) is 2.75. The van der Waals surface area contributed by atoms with Crippen LogP contribution in [0.1, 0.15) is 24.9 Å². The zero-order valence-electron chi connectivity index (χ0n) is 10.0. The molecule has 1 heterocycles. The molecule has 0 bridgehead atoms. The van der Waals surface area contributed by atoms with Gasteiger partial charge in [0.2, 0.25) is 0 Å². The molecule has 0 aliphatic rings. The van der Waals surface area contributed by atoms with Gasteiger partial charge in [-0.15, -0.1) is 0 Å². The van der Waals surface area contributed by atoms with Crippen LogP contribution in [0.4, 0.5) is 5.69 Å². The fraction of sp³-hybridized carbons (Fsp3) is 0.214. The SMILES string of the molecule is CCC(Nc1ccc(Br)nc1)c1ccc(Cl)cc1. The molecule has 2 rings (SSSR count). The van der Waals surface area contributed by atoms with Gasteiger partial charge in [0.1, 0.15) is 4.60 Å². The van der Waals surface area contributed by atoms with Crippen molar-refractivity contribution in [1.82, 2.24) is 4.98 Å². The van der Waals surface area contributed by atoms with E-state index in [2.05, 4.69) is 45.3 Å². The summed E-state index contributed by atoms with van der Waals surface area (Å²) < 4.78 is 0.840. The number of nitrogens with zero attached hydrogens (tertiary/aromatic N) is 1. The molecule has 1 atom stereocenters. The van der Waals surface area contributed by atoms with Gasteiger partial charge in [-0.3, -0.25) is 0 Å². The molecule has 1 unspecified atom stereocenters. The standard InChI is InChI=1S/C14H14BrClN2/c1-2-13(10-3-5-11(16)6-4-10)18-12-7-8-14(15)17-9-12/h3-9,13,18H,2H2,1H3. The van der Waals surface area contributed by atoms with Gasteiger partial charge >= 0.3 is 0 Å². The second-order valence-electron chi connectivity index (χ2n) is 4.03. The van der Waals surface area contributed by atoms with Crippen molar-refractivity contribution in [1.29, 1.82) is 0 Å². The minimum atomic E-state index is 0.269. The van der Waals surface area contributed by atoms with Gasteiger partial charge in [0.05, 0.1) is 17.9 Å². The first-order valence-electron chi connectivity index (χ1n) is 5.82. The Bertz CT molecular complexity index is 496. The number of nitrogens with one attached hydrogen (secondary N) is 1. The second-order valence-corrected chi connectivity index (χ2v) is 5.28. The molecule has 0 aliphatic carbocycles. The van der Waals surface area contributed by atoms with Crippen molar-refractivity contribution in [2.45, 2.75) is 19.4 Å². The fourth-order valence-electron chi connectivity index (χ4n) is 1.78. The Hall–Kier alpha value is -1.06. The molecule has 0 saturated heterocycles. The molecule has 0 radical (unpaired) electrons. The van der Waals surface area contributed by atoms with Crippen LogP contribution < -0.4 is 5.32 Å². The van der Waals surface area contributed by atoms with E-state index in [0.717, 1.165) is 21.7 Å². The number of hydrogen-bond donors (Lipinski definition) is 1. The van der Waals surface area contributed by atoms with Gasteiger partial charge in [-0.25, -0.2) is 4.98 Å². The summed E-state index contributed by atoms with van der Waals surface area (Å²) in [5.41, 5.74) is 2.24. The molecule has 1 N–H and O–H groups in total. The maximum atomic E-state index is 5.90. The minimum Gasteiger partial charge on any atom is -0.377 e. The first-order chi connectivity index (χ1) is 8.69. The van der Waals surface area contributed by atoms with E-state index < -0.39 is 0 Å². The van der Waals surface area contributed by atoms with E-state index in [0.29, 0.717) is 0 Å². The highest BCUT2D eigenvalue weighted by Gasteiger charge is 2.08. The van der Waals surface area contributed by atoms with Crippen molar-refractivity contribution in [2.75, 3.05) is 5.32 Å². The molecule has 0 spiro atoms. The molecule has 1 aromatic heterocycles. The van der Waals surface area contributed by atoms with Crippen molar-refractivity contribution in [3.05, 3.63) is 57.8 Å². The highest BCUT2D eigenvalue weighted by molar-refractivity contribution is 9.10. The molecule has 2 aromatic rings. The lowest BCUT2D eigenvalue weighted by Gasteiger charge is -2.18. The van der Waals surface area contributed by atoms with Crippen LogP contribution in [-0.2, 0) is 0 Å². The first-order valence-corrected chi connectivity index (χ1v) is 6.99. The Balaban J connectivity index is 2.14. The van der Waals surface area contributed by atoms with E-state index >= 15 is 0 Å². The highest BCUT2D eigenvalue weighted by atomic mass is 79.9. The van der Waals surface area contributed by atoms with Crippen molar-refractivity contribution < 1.29 is 0 Å². The number of benzene rings is 1. The van der Waals surface area contributed by atoms with Crippen LogP contribution in [0.15, 0.2) is 47.2 Å². The van der Waals surface area contributed by atoms with Crippen LogP contribution in [0.5, 0.6) is 0 Å². The number of pyridine rings is 1. The lowest BCUT2D eigenvalue weighted by molar-refractivity contribution is 0.748. The van der Waals surface area contributed by atoms with Crippen LogP contribution in [-0.4, -0.2) is 4.98 Å². The van der Waals surface area contributed by atoms with Gasteiger partial charge in [-0.1, -0.05) is 30.7 Å². The smallest absolute Gasteiger partial charge is 0.106 e. The summed E-state index contributed by atoms with van der Waals surface area (Å²) >= 11 is 9.23. The predicted octanol–water partition coefficient (Wildman–Crippen LogP) is 5.06. The van der Waals surface area contributed by atoms with Crippen molar-refractivity contribution in [3.8, 4) is 0 Å². The average Bonchev–Trinajstić information content (AvgIpc) is 2.39. The molecule has 0 amide bonds. The predicted molar refractivity (Wildman–Crippen MR) is 80.0 cm³/mol. The van der Waals surface area contributed by atoms with Crippen molar-refractivity contribution in [2.24, 2.45) is 0 Å². The van der Waals surface area contributed by atoms with Gasteiger partial charge in [-0.2, -0.15) is 0 Å². The Morgan fingerprint density at radius 3 is 2.50 bits per heavy atom. The summed E-state index contributed by atoms with van der Waals surface area (Å²) in [6.07, 6.45) is 2.82. The van der Waals surface area contributed by atoms with Gasteiger partial charge in [0.25, 0.3) is 0 Å². The van der Waals surface area contributed by atoms with E-state index in [1.807, 2.05) is 30.5 Å². The molecule has 2 nitrogen and oxygen atoms in total. The fourth-order valence-corrected chi connectivity index (χ4v) is 2.14. The Morgan fingerprint density at radius 2 is 1.94 bits per heavy atom. The largest absolute Gasteiger partial charge is 0.377 e. The monoisotopic (exact) mass is 324 g/mol. The number of anilines is 1. The molecule has 18 heavy (non-hydrogen) atoms. The van der Waals surface area contributed by atoms with Gasteiger partial charge in [-0.05, 0) is 52.2 Å². The molecular weight excluding hydrogens is 312 g/mol. The summed E-state index contributed by atoms with van der Waals surface area (Å²) in [5.74, 6) is 0. The quantitative estimate of drug-likeness (QED) is 0.795. The molecule has 4 heteroatoms. The average molecular weight is 326 g/mol. The van der Waals surface area contributed by atoms with Crippen LogP contribution in [0.2, 0.25) is 5.02 Å². The maximum Gasteiger partial charge on any atom is 0.106 e. The summed E-state index contributed by atoms with van der Waals surface area (Å²) in [7, 11) is 0. The lowest BCUT2D eigenvalue weighted by Crippen LogP contribution is -2.09. The first kappa shape index (κ1) is 13.4. The maximum absolute atomic E-state index is 5.90. The van der Waals surface area contributed by atoms with Crippen LogP contribution >= 0.6 is 27.5 Å². The number of rotatable bonds is 4. The third-order valence-corrected chi connectivity index (χ3v) is 3.47. The number of halogens is 2. The van der Waals surface area contributed by atoms with Gasteiger partial charge in [0.15, 0.2) is 0 Å². The van der Waals surface area contributed by atoms with Crippen molar-refractivity contribution >= 4 is 33.2 Å². The molecule has 1 aromatic carbocycles. The zero-order valence-corrected chi connectivity index (χ0v) is 12.4. The van der Waals surface area contributed by atoms with E-state index in [4.69, 9.17) is 11.6 Å². The molecule has 94 valence electrons. The number of hydrogen-bond acceptors (Lipinski definition) is 2. The molecular formula is C14H14BrClN2. The molecule has 0 fully saturated rings. The Labute approximate surface area is 121 Å². The highest BCUT2D eigenvalue weighted by Crippen LogP contribution is 2.24. The van der Waals surface area contributed by atoms with Gasteiger partial charge in [0, 0.05) is 5.02 Å². The van der Waals surface area contributed by atoms with E-state index in [1.165, 1.54) is 5.56 Å². The second kappa shape index (κ2) is 6.21. The zero-order chi connectivity index (χ0) is 13.0. The summed E-state index contributed by atoms with van der Waals surface area (Å²) in [6.45, 7) is 2.15. The van der Waals surface area contributed by atoms with Crippen LogP contribution in [0.3, 0.4) is 0 Å². The van der Waals surface area contributed by atoms with E-state index in [9.17, 15) is 0 Å². The van der Waals surface area contributed by atoms with Gasteiger partial charge < -0.3 is 5.32 Å². The molecule has 0 saturated carbocycles. The van der Waals surface area contributed by atoms with E-state index in [1.54, 1.807) is 0 Å². The third kappa shape index (κ3) is 3.47. The summed E-state index contributed by atoms with van der Waals surface area (Å²) in [5, 5.41) is 4.23.